The van der Waals surface area contributed by atoms with E-state index in [0.29, 0.717) is 19.3 Å². The molecule has 0 bridgehead atoms. The summed E-state index contributed by atoms with van der Waals surface area (Å²) in [5.41, 5.74) is 0. The molecule has 2 heterocycles. The van der Waals surface area contributed by atoms with Crippen LogP contribution in [0.4, 0.5) is 0 Å². The van der Waals surface area contributed by atoms with E-state index in [0.717, 1.165) is 17.1 Å². The third-order valence-electron chi connectivity index (χ3n) is 4.79. The molecule has 3 rings (SSSR count). The number of hydrogen-bond donors (Lipinski definition) is 1. The number of hydrogen-bond acceptors (Lipinski definition) is 8. The standard InChI is InChI=1S/C15H16N2O9S/c18-11-4-5-12(19)16(11)9-3-1-2-8(6-9)15(22)26-17-13(20)7-10(14(17)21)27(23,24)25/h4-5,8-10H,1-3,6-7H2,(H,23,24,25). The number of imide groups is 2. The molecular formula is C15H16N2O9S. The molecular weight excluding hydrogens is 384 g/mol. The zero-order chi connectivity index (χ0) is 19.9. The lowest BCUT2D eigenvalue weighted by atomic mass is 9.85. The van der Waals surface area contributed by atoms with Gasteiger partial charge >= 0.3 is 5.97 Å². The molecule has 0 aromatic carbocycles. The summed E-state index contributed by atoms with van der Waals surface area (Å²) in [6, 6.07) is -0.512. The van der Waals surface area contributed by atoms with Crippen molar-refractivity contribution in [1.82, 2.24) is 9.96 Å². The normalized spacial score (nSPS) is 29.0. The highest BCUT2D eigenvalue weighted by molar-refractivity contribution is 7.87. The molecule has 2 fully saturated rings. The van der Waals surface area contributed by atoms with Crippen LogP contribution in [0.15, 0.2) is 12.2 Å². The van der Waals surface area contributed by atoms with E-state index >= 15 is 0 Å². The van der Waals surface area contributed by atoms with Gasteiger partial charge in [-0.05, 0) is 19.3 Å². The fourth-order valence-corrected chi connectivity index (χ4v) is 4.16. The van der Waals surface area contributed by atoms with Gasteiger partial charge in [-0.1, -0.05) is 6.42 Å². The summed E-state index contributed by atoms with van der Waals surface area (Å²) in [4.78, 5) is 65.4. The minimum atomic E-state index is -4.80. The summed E-state index contributed by atoms with van der Waals surface area (Å²) in [6.07, 6.45) is 2.95. The fourth-order valence-electron chi connectivity index (χ4n) is 3.46. The molecule has 3 aliphatic rings. The van der Waals surface area contributed by atoms with Crippen LogP contribution in [0.1, 0.15) is 32.1 Å². The number of amides is 4. The Balaban J connectivity index is 1.66. The van der Waals surface area contributed by atoms with Gasteiger partial charge in [-0.15, -0.1) is 5.06 Å². The van der Waals surface area contributed by atoms with E-state index < -0.39 is 63.3 Å². The first kappa shape index (κ1) is 19.2. The summed E-state index contributed by atoms with van der Waals surface area (Å²) in [6.45, 7) is 0. The van der Waals surface area contributed by atoms with E-state index in [9.17, 15) is 32.4 Å². The first-order valence-electron chi connectivity index (χ1n) is 8.19. The van der Waals surface area contributed by atoms with Gasteiger partial charge in [0.1, 0.15) is 0 Å². The first-order chi connectivity index (χ1) is 12.6. The smallest absolute Gasteiger partial charge is 0.330 e. The zero-order valence-electron chi connectivity index (χ0n) is 13.9. The fraction of sp³-hybridized carbons (Fsp3) is 0.533. The molecule has 4 amide bonds. The molecule has 27 heavy (non-hydrogen) atoms. The van der Waals surface area contributed by atoms with Gasteiger partial charge in [-0.3, -0.25) is 28.6 Å². The van der Waals surface area contributed by atoms with Crippen LogP contribution < -0.4 is 0 Å². The van der Waals surface area contributed by atoms with E-state index in [4.69, 9.17) is 9.39 Å². The monoisotopic (exact) mass is 400 g/mol. The molecule has 1 saturated carbocycles. The first-order valence-corrected chi connectivity index (χ1v) is 9.70. The maximum absolute atomic E-state index is 12.3. The Bertz CT molecular complexity index is 845. The number of hydroxylamine groups is 2. The summed E-state index contributed by atoms with van der Waals surface area (Å²) in [5, 5.41) is -1.94. The van der Waals surface area contributed by atoms with Crippen molar-refractivity contribution < 1.29 is 41.8 Å². The van der Waals surface area contributed by atoms with Crippen molar-refractivity contribution >= 4 is 39.7 Å². The van der Waals surface area contributed by atoms with Crippen LogP contribution in [0.25, 0.3) is 0 Å². The molecule has 11 nitrogen and oxygen atoms in total. The van der Waals surface area contributed by atoms with Gasteiger partial charge in [0.05, 0.1) is 12.3 Å². The Labute approximate surface area is 153 Å². The number of nitrogens with zero attached hydrogens (tertiary/aromatic N) is 2. The highest BCUT2D eigenvalue weighted by atomic mass is 32.2. The van der Waals surface area contributed by atoms with E-state index in [1.165, 1.54) is 0 Å². The van der Waals surface area contributed by atoms with Crippen molar-refractivity contribution in [2.75, 3.05) is 0 Å². The van der Waals surface area contributed by atoms with E-state index in [-0.39, 0.29) is 11.5 Å². The van der Waals surface area contributed by atoms with Crippen molar-refractivity contribution in [2.45, 2.75) is 43.4 Å². The topological polar surface area (TPSA) is 155 Å². The molecule has 1 saturated heterocycles. The van der Waals surface area contributed by atoms with Crippen LogP contribution in [0.3, 0.4) is 0 Å². The van der Waals surface area contributed by atoms with Crippen LogP contribution in [0, 0.1) is 5.92 Å². The summed E-state index contributed by atoms with van der Waals surface area (Å²) in [5.74, 6) is -5.06. The minimum Gasteiger partial charge on any atom is -0.330 e. The van der Waals surface area contributed by atoms with Gasteiger partial charge in [0.2, 0.25) is 0 Å². The number of rotatable bonds is 4. The second kappa shape index (κ2) is 6.85. The lowest BCUT2D eigenvalue weighted by Gasteiger charge is -2.33. The van der Waals surface area contributed by atoms with Crippen molar-refractivity contribution in [2.24, 2.45) is 5.92 Å². The Hall–Kier alpha value is -2.60. The third-order valence-corrected chi connectivity index (χ3v) is 5.88. The minimum absolute atomic E-state index is 0.0537. The van der Waals surface area contributed by atoms with Crippen molar-refractivity contribution in [3.8, 4) is 0 Å². The summed E-state index contributed by atoms with van der Waals surface area (Å²) >= 11 is 0. The summed E-state index contributed by atoms with van der Waals surface area (Å²) < 4.78 is 31.2. The third kappa shape index (κ3) is 3.62. The molecule has 0 spiro atoms. The molecule has 3 atom stereocenters. The van der Waals surface area contributed by atoms with E-state index in [2.05, 4.69) is 0 Å². The average Bonchev–Trinajstić information content (AvgIpc) is 3.08. The Kier molecular flexibility index (Phi) is 4.86. The highest BCUT2D eigenvalue weighted by Crippen LogP contribution is 2.31. The molecule has 1 aliphatic carbocycles. The van der Waals surface area contributed by atoms with Gasteiger partial charge < -0.3 is 4.84 Å². The summed E-state index contributed by atoms with van der Waals surface area (Å²) in [7, 11) is -4.80. The van der Waals surface area contributed by atoms with Crippen molar-refractivity contribution in [3.63, 3.8) is 0 Å². The lowest BCUT2D eigenvalue weighted by Crippen LogP contribution is -2.45. The maximum atomic E-state index is 12.3. The predicted molar refractivity (Wildman–Crippen MR) is 84.6 cm³/mol. The molecule has 12 heteroatoms. The van der Waals surface area contributed by atoms with Crippen molar-refractivity contribution in [1.29, 1.82) is 0 Å². The molecule has 1 N–H and O–H groups in total. The van der Waals surface area contributed by atoms with Crippen molar-refractivity contribution in [3.05, 3.63) is 12.2 Å². The second-order valence-electron chi connectivity index (χ2n) is 6.54. The Morgan fingerprint density at radius 3 is 2.30 bits per heavy atom. The number of carbonyl (C=O) groups is 5. The van der Waals surface area contributed by atoms with Gasteiger partial charge in [-0.2, -0.15) is 8.42 Å². The van der Waals surface area contributed by atoms with Crippen LogP contribution in [-0.2, 0) is 38.9 Å². The molecule has 146 valence electrons. The van der Waals surface area contributed by atoms with Gasteiger partial charge in [0.25, 0.3) is 33.7 Å². The van der Waals surface area contributed by atoms with Gasteiger partial charge in [-0.25, -0.2) is 4.79 Å². The SMILES string of the molecule is O=C(ON1C(=O)CC(S(=O)(=O)O)C1=O)C1CCCC(N2C(=O)C=CC2=O)C1. The average molecular weight is 400 g/mol. The quantitative estimate of drug-likeness (QED) is 0.459. The van der Waals surface area contributed by atoms with Crippen LogP contribution >= 0.6 is 0 Å². The predicted octanol–water partition coefficient (Wildman–Crippen LogP) is -1.06. The number of carbonyl (C=O) groups excluding carboxylic acids is 5. The second-order valence-corrected chi connectivity index (χ2v) is 8.14. The van der Waals surface area contributed by atoms with Crippen LogP contribution in [0.5, 0.6) is 0 Å². The Morgan fingerprint density at radius 1 is 1.11 bits per heavy atom. The highest BCUT2D eigenvalue weighted by Gasteiger charge is 2.49. The van der Waals surface area contributed by atoms with Crippen LogP contribution in [-0.4, -0.2) is 63.8 Å². The molecule has 2 aliphatic heterocycles. The van der Waals surface area contributed by atoms with Gasteiger partial charge in [0, 0.05) is 18.2 Å². The largest absolute Gasteiger partial charge is 0.336 e. The maximum Gasteiger partial charge on any atom is 0.336 e. The Morgan fingerprint density at radius 2 is 1.74 bits per heavy atom. The molecule has 0 aromatic rings. The molecule has 0 aromatic heterocycles. The molecule has 3 unspecified atom stereocenters. The van der Waals surface area contributed by atoms with E-state index in [1.54, 1.807) is 0 Å². The lowest BCUT2D eigenvalue weighted by molar-refractivity contribution is -0.201. The molecule has 0 radical (unpaired) electrons. The van der Waals surface area contributed by atoms with Gasteiger partial charge in [0.15, 0.2) is 5.25 Å². The van der Waals surface area contributed by atoms with Crippen LogP contribution in [0.2, 0.25) is 0 Å². The zero-order valence-corrected chi connectivity index (χ0v) is 14.8. The van der Waals surface area contributed by atoms with E-state index in [1.807, 2.05) is 0 Å².